The van der Waals surface area contributed by atoms with Gasteiger partial charge in [0.25, 0.3) is 11.8 Å². The zero-order valence-electron chi connectivity index (χ0n) is 15.6. The Morgan fingerprint density at radius 1 is 0.889 bits per heavy atom. The maximum absolute atomic E-state index is 13.9. The number of hydrogen-bond acceptors (Lipinski definition) is 2. The van der Waals surface area contributed by atoms with Crippen LogP contribution in [0.1, 0.15) is 58.4 Å². The van der Waals surface area contributed by atoms with Crippen LogP contribution in [0.3, 0.4) is 0 Å². The quantitative estimate of drug-likeness (QED) is 0.847. The van der Waals surface area contributed by atoms with Gasteiger partial charge in [0, 0.05) is 13.1 Å². The molecule has 0 aromatic heterocycles. The normalized spacial score (nSPS) is 15.0. The molecule has 3 rings (SSSR count). The van der Waals surface area contributed by atoms with Crippen LogP contribution in [0.25, 0.3) is 0 Å². The standard InChI is InChI=1S/C22H25FN2O2/c1-16-10-9-12-18(22(27)25-14-7-3-2-4-8-15-25)20(16)24-21(26)17-11-5-6-13-19(17)23/h5-6,9-13H,2-4,7-8,14-15H2,1H3,(H,24,26). The van der Waals surface area contributed by atoms with Gasteiger partial charge >= 0.3 is 0 Å². The summed E-state index contributed by atoms with van der Waals surface area (Å²) < 4.78 is 13.9. The number of carbonyl (C=O) groups is 2. The number of rotatable bonds is 3. The fourth-order valence-electron chi connectivity index (χ4n) is 3.46. The molecule has 2 aromatic rings. The third-order valence-electron chi connectivity index (χ3n) is 5.00. The molecule has 1 fully saturated rings. The first-order chi connectivity index (χ1) is 13.1. The van der Waals surface area contributed by atoms with Crippen molar-refractivity contribution < 1.29 is 14.0 Å². The van der Waals surface area contributed by atoms with Crippen molar-refractivity contribution in [3.63, 3.8) is 0 Å². The van der Waals surface area contributed by atoms with E-state index in [-0.39, 0.29) is 11.5 Å². The highest BCUT2D eigenvalue weighted by molar-refractivity contribution is 6.09. The molecule has 2 amide bonds. The molecule has 0 spiro atoms. The maximum atomic E-state index is 13.9. The van der Waals surface area contributed by atoms with Gasteiger partial charge in [-0.25, -0.2) is 4.39 Å². The van der Waals surface area contributed by atoms with Crippen LogP contribution >= 0.6 is 0 Å². The number of likely N-dealkylation sites (tertiary alicyclic amines) is 1. The van der Waals surface area contributed by atoms with Crippen molar-refractivity contribution in [2.75, 3.05) is 18.4 Å². The Morgan fingerprint density at radius 2 is 1.52 bits per heavy atom. The topological polar surface area (TPSA) is 49.4 Å². The van der Waals surface area contributed by atoms with Gasteiger partial charge in [-0.05, 0) is 43.5 Å². The van der Waals surface area contributed by atoms with Crippen LogP contribution in [-0.4, -0.2) is 29.8 Å². The first-order valence-corrected chi connectivity index (χ1v) is 9.52. The smallest absolute Gasteiger partial charge is 0.258 e. The van der Waals surface area contributed by atoms with E-state index < -0.39 is 11.7 Å². The summed E-state index contributed by atoms with van der Waals surface area (Å²) in [6.07, 6.45) is 5.47. The molecule has 0 aliphatic carbocycles. The average molecular weight is 368 g/mol. The number of carbonyl (C=O) groups excluding carboxylic acids is 2. The molecule has 27 heavy (non-hydrogen) atoms. The molecule has 1 heterocycles. The number of anilines is 1. The summed E-state index contributed by atoms with van der Waals surface area (Å²) in [5.41, 5.74) is 1.65. The second-order valence-corrected chi connectivity index (χ2v) is 6.99. The van der Waals surface area contributed by atoms with Gasteiger partial charge in [-0.1, -0.05) is 43.5 Å². The van der Waals surface area contributed by atoms with E-state index in [1.807, 2.05) is 24.0 Å². The van der Waals surface area contributed by atoms with E-state index in [1.165, 1.54) is 24.6 Å². The summed E-state index contributed by atoms with van der Waals surface area (Å²) in [6.45, 7) is 3.29. The van der Waals surface area contributed by atoms with Crippen LogP contribution in [-0.2, 0) is 0 Å². The molecule has 0 saturated carbocycles. The number of nitrogens with one attached hydrogen (secondary N) is 1. The van der Waals surface area contributed by atoms with Crippen LogP contribution in [0.15, 0.2) is 42.5 Å². The molecular weight excluding hydrogens is 343 g/mol. The van der Waals surface area contributed by atoms with E-state index in [4.69, 9.17) is 0 Å². The van der Waals surface area contributed by atoms with Crippen LogP contribution in [0, 0.1) is 12.7 Å². The second kappa shape index (κ2) is 8.80. The molecule has 0 radical (unpaired) electrons. The van der Waals surface area contributed by atoms with Gasteiger partial charge in [-0.3, -0.25) is 9.59 Å². The van der Waals surface area contributed by atoms with Crippen molar-refractivity contribution in [3.05, 3.63) is 65.0 Å². The fourth-order valence-corrected chi connectivity index (χ4v) is 3.46. The molecule has 1 saturated heterocycles. The predicted molar refractivity (Wildman–Crippen MR) is 105 cm³/mol. The van der Waals surface area contributed by atoms with E-state index in [9.17, 15) is 14.0 Å². The summed E-state index contributed by atoms with van der Waals surface area (Å²) in [4.78, 5) is 27.6. The number of para-hydroxylation sites is 1. The third kappa shape index (κ3) is 4.54. The van der Waals surface area contributed by atoms with Crippen molar-refractivity contribution >= 4 is 17.5 Å². The molecule has 0 unspecified atom stereocenters. The highest BCUT2D eigenvalue weighted by Crippen LogP contribution is 2.24. The van der Waals surface area contributed by atoms with E-state index in [2.05, 4.69) is 5.32 Å². The lowest BCUT2D eigenvalue weighted by molar-refractivity contribution is 0.0743. The van der Waals surface area contributed by atoms with Gasteiger partial charge in [0.1, 0.15) is 5.82 Å². The van der Waals surface area contributed by atoms with Crippen molar-refractivity contribution in [1.29, 1.82) is 0 Å². The number of halogens is 1. The summed E-state index contributed by atoms with van der Waals surface area (Å²) in [6, 6.07) is 11.2. The number of hydrogen-bond donors (Lipinski definition) is 1. The highest BCUT2D eigenvalue weighted by atomic mass is 19.1. The van der Waals surface area contributed by atoms with Crippen molar-refractivity contribution in [1.82, 2.24) is 4.90 Å². The maximum Gasteiger partial charge on any atom is 0.258 e. The lowest BCUT2D eigenvalue weighted by atomic mass is 10.0. The molecule has 1 aliphatic rings. The van der Waals surface area contributed by atoms with Crippen molar-refractivity contribution in [2.24, 2.45) is 0 Å². The highest BCUT2D eigenvalue weighted by Gasteiger charge is 2.22. The summed E-state index contributed by atoms with van der Waals surface area (Å²) in [5, 5.41) is 2.76. The Morgan fingerprint density at radius 3 is 2.22 bits per heavy atom. The van der Waals surface area contributed by atoms with Crippen molar-refractivity contribution in [2.45, 2.75) is 39.0 Å². The molecule has 142 valence electrons. The van der Waals surface area contributed by atoms with Crippen LogP contribution in [0.2, 0.25) is 0 Å². The van der Waals surface area contributed by atoms with Gasteiger partial charge < -0.3 is 10.2 Å². The molecule has 0 atom stereocenters. The monoisotopic (exact) mass is 368 g/mol. The molecular formula is C22H25FN2O2. The third-order valence-corrected chi connectivity index (χ3v) is 5.00. The number of amides is 2. The van der Waals surface area contributed by atoms with Crippen molar-refractivity contribution in [3.8, 4) is 0 Å². The Labute approximate surface area is 159 Å². The Hall–Kier alpha value is -2.69. The molecule has 1 N–H and O–H groups in total. The molecule has 2 aromatic carbocycles. The predicted octanol–water partition coefficient (Wildman–Crippen LogP) is 4.79. The van der Waals surface area contributed by atoms with Gasteiger partial charge in [-0.15, -0.1) is 0 Å². The minimum atomic E-state index is -0.583. The van der Waals surface area contributed by atoms with Gasteiger partial charge in [0.2, 0.25) is 0 Å². The summed E-state index contributed by atoms with van der Waals surface area (Å²) in [7, 11) is 0. The first kappa shape index (κ1) is 19.1. The van der Waals surface area contributed by atoms with E-state index in [0.717, 1.165) is 44.3 Å². The zero-order valence-corrected chi connectivity index (χ0v) is 15.6. The van der Waals surface area contributed by atoms with Gasteiger partial charge in [0.15, 0.2) is 0 Å². The molecule has 4 nitrogen and oxygen atoms in total. The summed E-state index contributed by atoms with van der Waals surface area (Å²) >= 11 is 0. The molecule has 0 bridgehead atoms. The lowest BCUT2D eigenvalue weighted by Gasteiger charge is -2.26. The largest absolute Gasteiger partial charge is 0.339 e. The lowest BCUT2D eigenvalue weighted by Crippen LogP contribution is -2.34. The van der Waals surface area contributed by atoms with E-state index >= 15 is 0 Å². The fraction of sp³-hybridized carbons (Fsp3) is 0.364. The van der Waals surface area contributed by atoms with Crippen LogP contribution < -0.4 is 5.32 Å². The minimum absolute atomic E-state index is 0.0367. The number of aryl methyl sites for hydroxylation is 1. The van der Waals surface area contributed by atoms with E-state index in [1.54, 1.807) is 12.1 Å². The molecule has 1 aliphatic heterocycles. The summed E-state index contributed by atoms with van der Waals surface area (Å²) in [5.74, 6) is -1.21. The van der Waals surface area contributed by atoms with Gasteiger partial charge in [0.05, 0.1) is 16.8 Å². The number of benzene rings is 2. The minimum Gasteiger partial charge on any atom is -0.339 e. The van der Waals surface area contributed by atoms with Gasteiger partial charge in [-0.2, -0.15) is 0 Å². The average Bonchev–Trinajstić information content (AvgIpc) is 2.63. The Kier molecular flexibility index (Phi) is 6.22. The Balaban J connectivity index is 1.87. The zero-order chi connectivity index (χ0) is 19.2. The van der Waals surface area contributed by atoms with Crippen LogP contribution in [0.4, 0.5) is 10.1 Å². The molecule has 5 heteroatoms. The second-order valence-electron chi connectivity index (χ2n) is 6.99. The number of nitrogens with zero attached hydrogens (tertiary/aromatic N) is 1. The SMILES string of the molecule is Cc1cccc(C(=O)N2CCCCCCC2)c1NC(=O)c1ccccc1F. The Bertz CT molecular complexity index is 827. The van der Waals surface area contributed by atoms with Crippen LogP contribution in [0.5, 0.6) is 0 Å². The first-order valence-electron chi connectivity index (χ1n) is 9.52. The van der Waals surface area contributed by atoms with E-state index in [0.29, 0.717) is 11.3 Å².